The van der Waals surface area contributed by atoms with Gasteiger partial charge in [0.15, 0.2) is 0 Å². The van der Waals surface area contributed by atoms with Crippen molar-refractivity contribution in [1.82, 2.24) is 0 Å². The van der Waals surface area contributed by atoms with Crippen molar-refractivity contribution >= 4 is 17.6 Å². The molecule has 0 aromatic heterocycles. The van der Waals surface area contributed by atoms with Gasteiger partial charge in [-0.25, -0.2) is 4.79 Å². The molecule has 0 bridgehead atoms. The first-order valence-electron chi connectivity index (χ1n) is 6.90. The number of ketones is 1. The fourth-order valence-electron chi connectivity index (χ4n) is 2.76. The van der Waals surface area contributed by atoms with Gasteiger partial charge in [-0.3, -0.25) is 9.69 Å². The van der Waals surface area contributed by atoms with Crippen molar-refractivity contribution < 1.29 is 19.4 Å². The number of hydrogen-bond donors (Lipinski definition) is 1. The maximum atomic E-state index is 11.8. The van der Waals surface area contributed by atoms with E-state index in [-0.39, 0.29) is 6.61 Å². The number of cyclic esters (lactones) is 1. The molecule has 1 aliphatic carbocycles. The van der Waals surface area contributed by atoms with E-state index in [9.17, 15) is 9.59 Å². The molecule has 1 atom stereocenters. The molecule has 1 aromatic carbocycles. The highest BCUT2D eigenvalue weighted by molar-refractivity contribution is 5.90. The van der Waals surface area contributed by atoms with Crippen LogP contribution < -0.4 is 4.90 Å². The summed E-state index contributed by atoms with van der Waals surface area (Å²) in [5, 5.41) is 9.07. The van der Waals surface area contributed by atoms with Gasteiger partial charge in [-0.1, -0.05) is 6.07 Å². The second kappa shape index (κ2) is 5.25. The molecule has 0 spiro atoms. The maximum absolute atomic E-state index is 11.8. The lowest BCUT2D eigenvalue weighted by molar-refractivity contribution is -0.118. The van der Waals surface area contributed by atoms with Crippen LogP contribution in [0.1, 0.15) is 24.0 Å². The molecule has 1 fully saturated rings. The first kappa shape index (κ1) is 13.1. The summed E-state index contributed by atoms with van der Waals surface area (Å²) in [4.78, 5) is 24.8. The van der Waals surface area contributed by atoms with E-state index in [1.807, 2.05) is 18.2 Å². The van der Waals surface area contributed by atoms with Crippen molar-refractivity contribution in [2.45, 2.75) is 31.8 Å². The van der Waals surface area contributed by atoms with Crippen LogP contribution in [-0.4, -0.2) is 36.2 Å². The van der Waals surface area contributed by atoms with Gasteiger partial charge < -0.3 is 9.84 Å². The fourth-order valence-corrected chi connectivity index (χ4v) is 2.76. The number of aliphatic hydroxyl groups excluding tert-OH is 1. The number of Topliss-reactive ketones (excluding diaryl/α,β-unsaturated/α-hetero) is 1. The Labute approximate surface area is 117 Å². The molecule has 1 heterocycles. The fraction of sp³-hybridized carbons (Fsp3) is 0.467. The third-order valence-electron chi connectivity index (χ3n) is 3.93. The Balaban J connectivity index is 1.86. The van der Waals surface area contributed by atoms with Gasteiger partial charge in [0.1, 0.15) is 11.9 Å². The summed E-state index contributed by atoms with van der Waals surface area (Å²) in [5.74, 6) is 0.295. The molecule has 1 aromatic rings. The summed E-state index contributed by atoms with van der Waals surface area (Å²) in [6.45, 7) is 0.203. The molecule has 1 aliphatic heterocycles. The number of ether oxygens (including phenoxy) is 1. The summed E-state index contributed by atoms with van der Waals surface area (Å²) in [6, 6.07) is 5.84. The Bertz CT molecular complexity index is 555. The predicted molar refractivity (Wildman–Crippen MR) is 72.8 cm³/mol. The zero-order valence-electron chi connectivity index (χ0n) is 11.2. The molecule has 0 unspecified atom stereocenters. The number of hydrogen-bond acceptors (Lipinski definition) is 4. The van der Waals surface area contributed by atoms with Gasteiger partial charge in [-0.15, -0.1) is 0 Å². The van der Waals surface area contributed by atoms with E-state index in [1.165, 1.54) is 10.5 Å². The first-order chi connectivity index (χ1) is 9.67. The van der Waals surface area contributed by atoms with E-state index in [0.717, 1.165) is 24.1 Å². The van der Waals surface area contributed by atoms with Crippen LogP contribution in [0.2, 0.25) is 0 Å². The second-order valence-corrected chi connectivity index (χ2v) is 5.29. The lowest BCUT2D eigenvalue weighted by Gasteiger charge is -2.15. The molecular weight excluding hydrogens is 258 g/mol. The normalized spacial score (nSPS) is 22.4. The van der Waals surface area contributed by atoms with Crippen molar-refractivity contribution in [3.8, 4) is 0 Å². The van der Waals surface area contributed by atoms with E-state index in [1.54, 1.807) is 0 Å². The minimum Gasteiger partial charge on any atom is -0.441 e. The Morgan fingerprint density at radius 1 is 1.15 bits per heavy atom. The number of anilines is 1. The number of rotatable bonds is 2. The molecule has 2 aliphatic rings. The van der Waals surface area contributed by atoms with Crippen LogP contribution in [0.4, 0.5) is 10.5 Å². The van der Waals surface area contributed by atoms with Crippen LogP contribution in [0.15, 0.2) is 18.2 Å². The molecule has 106 valence electrons. The highest BCUT2D eigenvalue weighted by Gasteiger charge is 2.32. The maximum Gasteiger partial charge on any atom is 0.414 e. The van der Waals surface area contributed by atoms with Crippen LogP contribution in [0.5, 0.6) is 0 Å². The summed E-state index contributed by atoms with van der Waals surface area (Å²) in [6.07, 6.45) is 1.80. The van der Waals surface area contributed by atoms with Gasteiger partial charge in [0.05, 0.1) is 13.2 Å². The number of amides is 1. The summed E-state index contributed by atoms with van der Waals surface area (Å²) >= 11 is 0. The molecule has 20 heavy (non-hydrogen) atoms. The number of benzene rings is 1. The van der Waals surface area contributed by atoms with E-state index in [4.69, 9.17) is 9.84 Å². The van der Waals surface area contributed by atoms with Crippen LogP contribution in [0, 0.1) is 0 Å². The molecular formula is C15H17NO4. The Kier molecular flexibility index (Phi) is 3.44. The van der Waals surface area contributed by atoms with Crippen LogP contribution in [-0.2, 0) is 22.4 Å². The van der Waals surface area contributed by atoms with Gasteiger partial charge in [0.2, 0.25) is 0 Å². The van der Waals surface area contributed by atoms with Crippen LogP contribution >= 0.6 is 0 Å². The highest BCUT2D eigenvalue weighted by Crippen LogP contribution is 2.27. The second-order valence-electron chi connectivity index (χ2n) is 5.29. The average Bonchev–Trinajstić information content (AvgIpc) is 2.74. The number of carbonyl (C=O) groups is 2. The molecule has 3 rings (SSSR count). The zero-order chi connectivity index (χ0) is 14.1. The first-order valence-corrected chi connectivity index (χ1v) is 6.90. The number of aliphatic hydroxyl groups is 1. The van der Waals surface area contributed by atoms with E-state index in [0.29, 0.717) is 25.2 Å². The highest BCUT2D eigenvalue weighted by atomic mass is 16.6. The van der Waals surface area contributed by atoms with Crippen LogP contribution in [0.25, 0.3) is 0 Å². The molecule has 0 saturated carbocycles. The standard InChI is InChI=1S/C15H17NO4/c17-9-14-8-16(15(19)20-14)12-4-1-10-2-5-13(18)6-3-11(10)7-12/h1,4,7,14,17H,2-3,5-6,8-9H2/t14-/m1/s1. The number of fused-ring (bicyclic) bond motifs is 1. The predicted octanol–water partition coefficient (Wildman–Crippen LogP) is 1.45. The van der Waals surface area contributed by atoms with Gasteiger partial charge in [0.25, 0.3) is 0 Å². The smallest absolute Gasteiger partial charge is 0.414 e. The number of carbonyl (C=O) groups excluding carboxylic acids is 2. The molecule has 1 amide bonds. The molecule has 5 nitrogen and oxygen atoms in total. The number of nitrogens with zero attached hydrogens (tertiary/aromatic N) is 1. The lowest BCUT2D eigenvalue weighted by Crippen LogP contribution is -2.25. The Morgan fingerprint density at radius 3 is 2.60 bits per heavy atom. The van der Waals surface area contributed by atoms with Crippen molar-refractivity contribution in [3.63, 3.8) is 0 Å². The molecule has 0 radical (unpaired) electrons. The van der Waals surface area contributed by atoms with Gasteiger partial charge >= 0.3 is 6.09 Å². The van der Waals surface area contributed by atoms with E-state index in [2.05, 4.69) is 0 Å². The van der Waals surface area contributed by atoms with Crippen molar-refractivity contribution in [2.24, 2.45) is 0 Å². The van der Waals surface area contributed by atoms with Crippen LogP contribution in [0.3, 0.4) is 0 Å². The summed E-state index contributed by atoms with van der Waals surface area (Å²) in [7, 11) is 0. The summed E-state index contributed by atoms with van der Waals surface area (Å²) in [5.41, 5.74) is 3.10. The van der Waals surface area contributed by atoms with Gasteiger partial charge in [-0.05, 0) is 36.1 Å². The van der Waals surface area contributed by atoms with Gasteiger partial charge in [0, 0.05) is 18.5 Å². The van der Waals surface area contributed by atoms with Crippen molar-refractivity contribution in [1.29, 1.82) is 0 Å². The van der Waals surface area contributed by atoms with Gasteiger partial charge in [-0.2, -0.15) is 0 Å². The Morgan fingerprint density at radius 2 is 1.90 bits per heavy atom. The topological polar surface area (TPSA) is 66.8 Å². The zero-order valence-corrected chi connectivity index (χ0v) is 11.2. The SMILES string of the molecule is O=C1CCc2ccc(N3C[C@H](CO)OC3=O)cc2CC1. The Hall–Kier alpha value is -1.88. The lowest BCUT2D eigenvalue weighted by atomic mass is 10.0. The molecule has 1 N–H and O–H groups in total. The quantitative estimate of drug-likeness (QED) is 0.830. The third-order valence-corrected chi connectivity index (χ3v) is 3.93. The largest absolute Gasteiger partial charge is 0.441 e. The molecule has 1 saturated heterocycles. The third kappa shape index (κ3) is 2.41. The van der Waals surface area contributed by atoms with E-state index >= 15 is 0 Å². The van der Waals surface area contributed by atoms with Crippen molar-refractivity contribution in [2.75, 3.05) is 18.1 Å². The monoisotopic (exact) mass is 275 g/mol. The van der Waals surface area contributed by atoms with E-state index < -0.39 is 12.2 Å². The molecule has 5 heteroatoms. The van der Waals surface area contributed by atoms with Crippen molar-refractivity contribution in [3.05, 3.63) is 29.3 Å². The minimum atomic E-state index is -0.456. The average molecular weight is 275 g/mol. The number of aryl methyl sites for hydroxylation is 2. The summed E-state index contributed by atoms with van der Waals surface area (Å²) < 4.78 is 5.05. The minimum absolute atomic E-state index is 0.165.